The number of rotatable bonds is 4. The molecule has 2 aromatic rings. The topological polar surface area (TPSA) is 38.0 Å². The fourth-order valence-electron chi connectivity index (χ4n) is 3.42. The first-order valence-electron chi connectivity index (χ1n) is 7.46. The van der Waals surface area contributed by atoms with Gasteiger partial charge in [0.1, 0.15) is 0 Å². The molecule has 0 saturated heterocycles. The molecule has 1 atom stereocenters. The molecule has 3 nitrogen and oxygen atoms in total. The molecule has 3 rings (SSSR count). The summed E-state index contributed by atoms with van der Waals surface area (Å²) >= 11 is 6.32. The van der Waals surface area contributed by atoms with Crippen LogP contribution in [0.15, 0.2) is 30.3 Å². The molecular weight excluding hydrogens is 284 g/mol. The van der Waals surface area contributed by atoms with Gasteiger partial charge < -0.3 is 5.11 Å². The van der Waals surface area contributed by atoms with Crippen LogP contribution < -0.4 is 0 Å². The molecule has 4 heteroatoms. The van der Waals surface area contributed by atoms with Gasteiger partial charge in [-0.3, -0.25) is 4.68 Å². The van der Waals surface area contributed by atoms with Crippen molar-refractivity contribution in [1.82, 2.24) is 9.78 Å². The Hall–Kier alpha value is -1.32. The summed E-state index contributed by atoms with van der Waals surface area (Å²) in [5.41, 5.74) is 2.86. The molecule has 0 bridgehead atoms. The predicted molar refractivity (Wildman–Crippen MR) is 84.6 cm³/mol. The normalized spacial score (nSPS) is 18.3. The number of halogens is 1. The van der Waals surface area contributed by atoms with Crippen LogP contribution in [0.2, 0.25) is 5.02 Å². The van der Waals surface area contributed by atoms with Gasteiger partial charge in [0.05, 0.1) is 22.5 Å². The van der Waals surface area contributed by atoms with Gasteiger partial charge in [0.2, 0.25) is 0 Å². The highest BCUT2D eigenvalue weighted by Crippen LogP contribution is 2.47. The fraction of sp³-hybridized carbons (Fsp3) is 0.471. The molecule has 0 aliphatic heterocycles. The summed E-state index contributed by atoms with van der Waals surface area (Å²) in [6.07, 6.45) is 3.36. The number of hydrogen-bond acceptors (Lipinski definition) is 2. The summed E-state index contributed by atoms with van der Waals surface area (Å²) in [7, 11) is 1.89. The van der Waals surface area contributed by atoms with E-state index in [4.69, 9.17) is 11.6 Å². The van der Waals surface area contributed by atoms with Crippen LogP contribution in [0.1, 0.15) is 36.2 Å². The number of nitrogens with zero attached hydrogens (tertiary/aromatic N) is 2. The molecule has 0 spiro atoms. The summed E-state index contributed by atoms with van der Waals surface area (Å²) in [6.45, 7) is 1.90. The van der Waals surface area contributed by atoms with E-state index in [-0.39, 0.29) is 5.41 Å². The Bertz CT molecular complexity index is 632. The number of benzene rings is 1. The zero-order valence-corrected chi connectivity index (χ0v) is 13.3. The van der Waals surface area contributed by atoms with E-state index < -0.39 is 6.10 Å². The fourth-order valence-corrected chi connectivity index (χ4v) is 3.66. The Balaban J connectivity index is 1.88. The van der Waals surface area contributed by atoms with Crippen LogP contribution in [0.5, 0.6) is 0 Å². The standard InChI is InChI=1S/C17H21ClN2O/c1-12-16(18)14(20(2)19-12)11-15(21)17(9-6-10-17)13-7-4-3-5-8-13/h3-5,7-8,15,21H,6,9-11H2,1-2H3. The minimum atomic E-state index is -0.430. The van der Waals surface area contributed by atoms with Gasteiger partial charge >= 0.3 is 0 Å². The van der Waals surface area contributed by atoms with Crippen molar-refractivity contribution in [1.29, 1.82) is 0 Å². The van der Waals surface area contributed by atoms with E-state index in [1.165, 1.54) is 12.0 Å². The molecule has 1 aliphatic rings. The maximum absolute atomic E-state index is 10.9. The van der Waals surface area contributed by atoms with E-state index in [0.717, 1.165) is 24.2 Å². The predicted octanol–water partition coefficient (Wildman–Crippen LogP) is 3.41. The second kappa shape index (κ2) is 5.47. The highest BCUT2D eigenvalue weighted by molar-refractivity contribution is 6.31. The van der Waals surface area contributed by atoms with Crippen molar-refractivity contribution in [2.45, 2.75) is 44.1 Å². The quantitative estimate of drug-likeness (QED) is 0.940. The van der Waals surface area contributed by atoms with Crippen molar-refractivity contribution in [2.24, 2.45) is 7.05 Å². The third kappa shape index (κ3) is 2.39. The maximum Gasteiger partial charge on any atom is 0.0847 e. The molecule has 1 heterocycles. The first-order chi connectivity index (χ1) is 10.0. The molecule has 1 unspecified atom stereocenters. The molecule has 0 radical (unpaired) electrons. The van der Waals surface area contributed by atoms with Crippen molar-refractivity contribution in [3.05, 3.63) is 52.3 Å². The summed E-state index contributed by atoms with van der Waals surface area (Å²) < 4.78 is 1.79. The average Bonchev–Trinajstić information content (AvgIpc) is 2.65. The van der Waals surface area contributed by atoms with Gasteiger partial charge in [-0.1, -0.05) is 48.4 Å². The smallest absolute Gasteiger partial charge is 0.0847 e. The van der Waals surface area contributed by atoms with Crippen LogP contribution in [-0.2, 0) is 18.9 Å². The van der Waals surface area contributed by atoms with Gasteiger partial charge in [0.25, 0.3) is 0 Å². The highest BCUT2D eigenvalue weighted by Gasteiger charge is 2.45. The number of aliphatic hydroxyl groups is 1. The van der Waals surface area contributed by atoms with E-state index in [1.54, 1.807) is 4.68 Å². The van der Waals surface area contributed by atoms with Crippen LogP contribution >= 0.6 is 11.6 Å². The number of aliphatic hydroxyl groups excluding tert-OH is 1. The van der Waals surface area contributed by atoms with Crippen molar-refractivity contribution in [3.8, 4) is 0 Å². The van der Waals surface area contributed by atoms with Gasteiger partial charge in [0.15, 0.2) is 0 Å². The van der Waals surface area contributed by atoms with Crippen molar-refractivity contribution >= 4 is 11.6 Å². The molecule has 1 saturated carbocycles. The Labute approximate surface area is 130 Å². The van der Waals surface area contributed by atoms with Crippen LogP contribution in [0.25, 0.3) is 0 Å². The number of aromatic nitrogens is 2. The minimum absolute atomic E-state index is 0.122. The van der Waals surface area contributed by atoms with E-state index in [2.05, 4.69) is 17.2 Å². The SMILES string of the molecule is Cc1nn(C)c(CC(O)C2(c3ccccc3)CCC2)c1Cl. The van der Waals surface area contributed by atoms with Gasteiger partial charge in [-0.15, -0.1) is 0 Å². The Morgan fingerprint density at radius 1 is 1.33 bits per heavy atom. The summed E-state index contributed by atoms with van der Waals surface area (Å²) in [6, 6.07) is 10.4. The van der Waals surface area contributed by atoms with Gasteiger partial charge in [-0.25, -0.2) is 0 Å². The second-order valence-corrected chi connectivity index (χ2v) is 6.44. The lowest BCUT2D eigenvalue weighted by Crippen LogP contribution is -2.46. The molecule has 1 aromatic heterocycles. The Kier molecular flexibility index (Phi) is 3.80. The Morgan fingerprint density at radius 3 is 2.48 bits per heavy atom. The van der Waals surface area contributed by atoms with Gasteiger partial charge in [0, 0.05) is 18.9 Å². The van der Waals surface area contributed by atoms with Crippen molar-refractivity contribution < 1.29 is 5.11 Å². The number of hydrogen-bond donors (Lipinski definition) is 1. The van der Waals surface area contributed by atoms with E-state index >= 15 is 0 Å². The third-order valence-electron chi connectivity index (χ3n) is 4.88. The van der Waals surface area contributed by atoms with Gasteiger partial charge in [-0.05, 0) is 25.3 Å². The lowest BCUT2D eigenvalue weighted by atomic mass is 9.60. The molecular formula is C17H21ClN2O. The second-order valence-electron chi connectivity index (χ2n) is 6.07. The van der Waals surface area contributed by atoms with Crippen LogP contribution in [0, 0.1) is 6.92 Å². The molecule has 1 N–H and O–H groups in total. The first-order valence-corrected chi connectivity index (χ1v) is 7.84. The third-order valence-corrected chi connectivity index (χ3v) is 5.37. The summed E-state index contributed by atoms with van der Waals surface area (Å²) in [5, 5.41) is 15.9. The lowest BCUT2D eigenvalue weighted by molar-refractivity contribution is 0.0273. The Morgan fingerprint density at radius 2 is 2.00 bits per heavy atom. The van der Waals surface area contributed by atoms with Crippen molar-refractivity contribution in [2.75, 3.05) is 0 Å². The first kappa shape index (κ1) is 14.6. The maximum atomic E-state index is 10.9. The van der Waals surface area contributed by atoms with E-state index in [9.17, 15) is 5.11 Å². The van der Waals surface area contributed by atoms with Crippen LogP contribution in [-0.4, -0.2) is 21.0 Å². The molecule has 112 valence electrons. The summed E-state index contributed by atoms with van der Waals surface area (Å²) in [5.74, 6) is 0. The van der Waals surface area contributed by atoms with E-state index in [1.807, 2.05) is 32.2 Å². The molecule has 1 aromatic carbocycles. The van der Waals surface area contributed by atoms with Crippen LogP contribution in [0.4, 0.5) is 0 Å². The highest BCUT2D eigenvalue weighted by atomic mass is 35.5. The largest absolute Gasteiger partial charge is 0.392 e. The van der Waals surface area contributed by atoms with E-state index in [0.29, 0.717) is 11.4 Å². The molecule has 1 aliphatic carbocycles. The zero-order chi connectivity index (χ0) is 15.0. The molecule has 1 fully saturated rings. The number of aryl methyl sites for hydroxylation is 2. The van der Waals surface area contributed by atoms with Gasteiger partial charge in [-0.2, -0.15) is 5.10 Å². The minimum Gasteiger partial charge on any atom is -0.392 e. The monoisotopic (exact) mass is 304 g/mol. The molecule has 21 heavy (non-hydrogen) atoms. The zero-order valence-electron chi connectivity index (χ0n) is 12.5. The van der Waals surface area contributed by atoms with Crippen molar-refractivity contribution in [3.63, 3.8) is 0 Å². The summed E-state index contributed by atoms with van der Waals surface area (Å²) in [4.78, 5) is 0. The van der Waals surface area contributed by atoms with Crippen LogP contribution in [0.3, 0.4) is 0 Å². The average molecular weight is 305 g/mol. The molecule has 0 amide bonds. The lowest BCUT2D eigenvalue weighted by Gasteiger charge is -2.46.